The molecule has 0 atom stereocenters. The highest BCUT2D eigenvalue weighted by Gasteiger charge is 1.90. The van der Waals surface area contributed by atoms with E-state index in [0.717, 1.165) is 6.26 Å². The molecule has 0 unspecified atom stereocenters. The van der Waals surface area contributed by atoms with Crippen molar-refractivity contribution >= 4 is 9.84 Å². The third-order valence-corrected chi connectivity index (χ3v) is 0.908. The maximum atomic E-state index is 9.88. The van der Waals surface area contributed by atoms with Gasteiger partial charge in [0.15, 0.2) is 9.84 Å². The van der Waals surface area contributed by atoms with Gasteiger partial charge in [-0.25, -0.2) is 8.42 Å². The number of nitrogens with two attached hydrogens (primary N) is 1. The third-order valence-electron chi connectivity index (χ3n) is 0.303. The summed E-state index contributed by atoms with van der Waals surface area (Å²) in [4.78, 5) is 0. The second-order valence-corrected chi connectivity index (χ2v) is 3.28. The van der Waals surface area contributed by atoms with Gasteiger partial charge in [0.05, 0.1) is 5.88 Å². The molecule has 3 nitrogen and oxygen atoms in total. The Morgan fingerprint density at radius 1 is 1.67 bits per heavy atom. The summed E-state index contributed by atoms with van der Waals surface area (Å²) in [7, 11) is -2.88. The zero-order chi connectivity index (χ0) is 5.21. The lowest BCUT2D eigenvalue weighted by Gasteiger charge is -1.81. The van der Waals surface area contributed by atoms with E-state index in [1.165, 1.54) is 0 Å². The highest BCUT2D eigenvalue weighted by molar-refractivity contribution is 7.90. The first-order valence-electron chi connectivity index (χ1n) is 1.44. The fourth-order valence-corrected chi connectivity index (χ4v) is 0. The first kappa shape index (κ1) is 5.91. The third kappa shape index (κ3) is 3.91. The topological polar surface area (TPSA) is 60.2 Å². The largest absolute Gasteiger partial charge is 0.318 e. The van der Waals surface area contributed by atoms with Gasteiger partial charge in [-0.15, -0.1) is 0 Å². The van der Waals surface area contributed by atoms with Gasteiger partial charge in [0.2, 0.25) is 0 Å². The summed E-state index contributed by atoms with van der Waals surface area (Å²) in [6.45, 7) is 0. The fourth-order valence-electron chi connectivity index (χ4n) is 0. The van der Waals surface area contributed by atoms with Gasteiger partial charge >= 0.3 is 0 Å². The summed E-state index contributed by atoms with van der Waals surface area (Å²) in [5.74, 6) is -0.257. The molecular formula is C2H7NO2S. The van der Waals surface area contributed by atoms with Crippen LogP contribution in [0.25, 0.3) is 0 Å². The molecule has 0 aliphatic carbocycles. The maximum absolute atomic E-state index is 9.88. The van der Waals surface area contributed by atoms with E-state index in [1.54, 1.807) is 0 Å². The molecule has 0 aromatic heterocycles. The average molecular weight is 109 g/mol. The van der Waals surface area contributed by atoms with Gasteiger partial charge < -0.3 is 5.73 Å². The van der Waals surface area contributed by atoms with Crippen molar-refractivity contribution in [1.29, 1.82) is 0 Å². The standard InChI is InChI=1S/C2H7NO2S/c1-6(4,5)2-3/h2-3H2,1H3. The molecule has 0 aromatic carbocycles. The number of hydrogen-bond acceptors (Lipinski definition) is 3. The van der Waals surface area contributed by atoms with E-state index in [9.17, 15) is 8.42 Å². The summed E-state index contributed by atoms with van der Waals surface area (Å²) in [6.07, 6.45) is 1.09. The van der Waals surface area contributed by atoms with Crippen molar-refractivity contribution in [3.8, 4) is 0 Å². The Bertz CT molecular complexity index is 114. The molecule has 2 N–H and O–H groups in total. The van der Waals surface area contributed by atoms with Crippen LogP contribution in [0.15, 0.2) is 0 Å². The second kappa shape index (κ2) is 1.57. The molecule has 0 spiro atoms. The molecule has 38 valence electrons. The normalized spacial score (nSPS) is 11.7. The minimum atomic E-state index is -2.88. The van der Waals surface area contributed by atoms with Crippen LogP contribution >= 0.6 is 0 Å². The summed E-state index contributed by atoms with van der Waals surface area (Å²) in [5.41, 5.74) is 4.72. The lowest BCUT2D eigenvalue weighted by Crippen LogP contribution is -2.11. The summed E-state index contributed by atoms with van der Waals surface area (Å²) in [6, 6.07) is 0. The summed E-state index contributed by atoms with van der Waals surface area (Å²) >= 11 is 0. The predicted molar refractivity (Wildman–Crippen MR) is 23.9 cm³/mol. The van der Waals surface area contributed by atoms with Crippen molar-refractivity contribution in [2.75, 3.05) is 12.1 Å². The fraction of sp³-hybridized carbons (Fsp3) is 1.00. The first-order valence-corrected chi connectivity index (χ1v) is 3.50. The van der Waals surface area contributed by atoms with E-state index in [4.69, 9.17) is 5.73 Å². The molecule has 0 aliphatic heterocycles. The molecule has 4 heteroatoms. The molecule has 0 rings (SSSR count). The first-order chi connectivity index (χ1) is 2.56. The van der Waals surface area contributed by atoms with Crippen LogP contribution in [0, 0.1) is 0 Å². The van der Waals surface area contributed by atoms with Crippen molar-refractivity contribution in [2.24, 2.45) is 5.73 Å². The van der Waals surface area contributed by atoms with Crippen LogP contribution in [-0.4, -0.2) is 20.6 Å². The summed E-state index contributed by atoms with van der Waals surface area (Å²) in [5, 5.41) is 0. The van der Waals surface area contributed by atoms with Gasteiger partial charge in [-0.1, -0.05) is 0 Å². The smallest absolute Gasteiger partial charge is 0.160 e. The van der Waals surface area contributed by atoms with E-state index in [1.807, 2.05) is 0 Å². The van der Waals surface area contributed by atoms with Gasteiger partial charge in [0, 0.05) is 6.26 Å². The average Bonchev–Trinajstić information content (AvgIpc) is 1.35. The minimum Gasteiger partial charge on any atom is -0.318 e. The zero-order valence-electron chi connectivity index (χ0n) is 3.51. The lowest BCUT2D eigenvalue weighted by atomic mass is 11.5. The molecule has 0 heterocycles. The van der Waals surface area contributed by atoms with Crippen LogP contribution in [0.5, 0.6) is 0 Å². The highest BCUT2D eigenvalue weighted by Crippen LogP contribution is 1.68. The molecule has 0 amide bonds. The Morgan fingerprint density at radius 2 is 1.83 bits per heavy atom. The van der Waals surface area contributed by atoms with Gasteiger partial charge in [-0.05, 0) is 0 Å². The predicted octanol–water partition coefficient (Wildman–Crippen LogP) is -1.05. The molecular weight excluding hydrogens is 102 g/mol. The van der Waals surface area contributed by atoms with E-state index in [-0.39, 0.29) is 5.88 Å². The lowest BCUT2D eigenvalue weighted by molar-refractivity contribution is 0.602. The maximum Gasteiger partial charge on any atom is 0.160 e. The van der Waals surface area contributed by atoms with Crippen LogP contribution in [0.1, 0.15) is 0 Å². The van der Waals surface area contributed by atoms with Crippen molar-refractivity contribution < 1.29 is 8.42 Å². The van der Waals surface area contributed by atoms with Crippen LogP contribution in [-0.2, 0) is 9.84 Å². The molecule has 0 bridgehead atoms. The quantitative estimate of drug-likeness (QED) is 0.467. The number of rotatable bonds is 1. The minimum absolute atomic E-state index is 0.257. The molecule has 0 radical (unpaired) electrons. The van der Waals surface area contributed by atoms with Gasteiger partial charge in [0.1, 0.15) is 0 Å². The zero-order valence-corrected chi connectivity index (χ0v) is 4.33. The van der Waals surface area contributed by atoms with Crippen LogP contribution in [0.3, 0.4) is 0 Å². The highest BCUT2D eigenvalue weighted by atomic mass is 32.2. The molecule has 0 saturated heterocycles. The SMILES string of the molecule is CS(=O)(=O)CN. The second-order valence-electron chi connectivity index (χ2n) is 1.09. The molecule has 0 saturated carbocycles. The van der Waals surface area contributed by atoms with Gasteiger partial charge in [0.25, 0.3) is 0 Å². The number of hydrogen-bond donors (Lipinski definition) is 1. The van der Waals surface area contributed by atoms with Crippen molar-refractivity contribution in [3.63, 3.8) is 0 Å². The Labute approximate surface area is 37.1 Å². The molecule has 6 heavy (non-hydrogen) atoms. The molecule has 0 fully saturated rings. The van der Waals surface area contributed by atoms with E-state index in [2.05, 4.69) is 0 Å². The van der Waals surface area contributed by atoms with E-state index < -0.39 is 9.84 Å². The van der Waals surface area contributed by atoms with Gasteiger partial charge in [-0.2, -0.15) is 0 Å². The Hall–Kier alpha value is -0.0900. The number of sulfone groups is 1. The van der Waals surface area contributed by atoms with Crippen LogP contribution in [0.4, 0.5) is 0 Å². The Kier molecular flexibility index (Phi) is 1.55. The van der Waals surface area contributed by atoms with Crippen molar-refractivity contribution in [1.82, 2.24) is 0 Å². The van der Waals surface area contributed by atoms with Crippen molar-refractivity contribution in [2.45, 2.75) is 0 Å². The van der Waals surface area contributed by atoms with E-state index in [0.29, 0.717) is 0 Å². The van der Waals surface area contributed by atoms with E-state index >= 15 is 0 Å². The van der Waals surface area contributed by atoms with Crippen LogP contribution in [0.2, 0.25) is 0 Å². The molecule has 0 aliphatic rings. The monoisotopic (exact) mass is 109 g/mol. The van der Waals surface area contributed by atoms with Gasteiger partial charge in [-0.3, -0.25) is 0 Å². The Balaban J connectivity index is 3.85. The van der Waals surface area contributed by atoms with Crippen molar-refractivity contribution in [3.05, 3.63) is 0 Å². The van der Waals surface area contributed by atoms with Crippen LogP contribution < -0.4 is 5.73 Å². The Morgan fingerprint density at radius 3 is 1.83 bits per heavy atom. The molecule has 0 aromatic rings. The summed E-state index contributed by atoms with van der Waals surface area (Å²) < 4.78 is 19.8.